The maximum Gasteiger partial charge on any atom is 0.254 e. The summed E-state index contributed by atoms with van der Waals surface area (Å²) >= 11 is 1.52. The SMILES string of the molecule is Cc1noc(C)c1CSc1ncccc1C(=O)NCC1CCCO1. The van der Waals surface area contributed by atoms with Crippen LogP contribution in [0.3, 0.4) is 0 Å². The second-order valence-corrected chi connectivity index (χ2v) is 6.76. The topological polar surface area (TPSA) is 77.2 Å². The van der Waals surface area contributed by atoms with Gasteiger partial charge in [-0.1, -0.05) is 5.16 Å². The van der Waals surface area contributed by atoms with Crippen LogP contribution >= 0.6 is 11.8 Å². The van der Waals surface area contributed by atoms with Crippen molar-refractivity contribution in [1.29, 1.82) is 0 Å². The van der Waals surface area contributed by atoms with Gasteiger partial charge in [-0.05, 0) is 38.8 Å². The summed E-state index contributed by atoms with van der Waals surface area (Å²) in [6.45, 7) is 5.14. The van der Waals surface area contributed by atoms with E-state index in [1.54, 1.807) is 18.3 Å². The van der Waals surface area contributed by atoms with Gasteiger partial charge in [0.15, 0.2) is 0 Å². The molecule has 1 unspecified atom stereocenters. The van der Waals surface area contributed by atoms with Crippen LogP contribution in [0, 0.1) is 13.8 Å². The molecule has 1 saturated heterocycles. The van der Waals surface area contributed by atoms with Crippen molar-refractivity contribution < 1.29 is 14.1 Å². The highest BCUT2D eigenvalue weighted by molar-refractivity contribution is 7.98. The van der Waals surface area contributed by atoms with Gasteiger partial charge in [0.25, 0.3) is 5.91 Å². The number of aromatic nitrogens is 2. The van der Waals surface area contributed by atoms with E-state index in [4.69, 9.17) is 9.26 Å². The molecule has 0 aromatic carbocycles. The van der Waals surface area contributed by atoms with E-state index in [1.165, 1.54) is 11.8 Å². The third-order valence-electron chi connectivity index (χ3n) is 4.06. The predicted molar refractivity (Wildman–Crippen MR) is 91.1 cm³/mol. The number of hydrogen-bond acceptors (Lipinski definition) is 6. The molecule has 1 N–H and O–H groups in total. The number of rotatable bonds is 6. The first-order valence-corrected chi connectivity index (χ1v) is 9.03. The molecule has 3 rings (SSSR count). The summed E-state index contributed by atoms with van der Waals surface area (Å²) in [4.78, 5) is 16.8. The highest BCUT2D eigenvalue weighted by atomic mass is 32.2. The van der Waals surface area contributed by atoms with Gasteiger partial charge < -0.3 is 14.6 Å². The monoisotopic (exact) mass is 347 g/mol. The zero-order chi connectivity index (χ0) is 16.9. The van der Waals surface area contributed by atoms with Crippen molar-refractivity contribution in [2.75, 3.05) is 13.2 Å². The zero-order valence-corrected chi connectivity index (χ0v) is 14.7. The lowest BCUT2D eigenvalue weighted by Gasteiger charge is -2.12. The Kier molecular flexibility index (Phi) is 5.52. The van der Waals surface area contributed by atoms with Gasteiger partial charge in [-0.15, -0.1) is 11.8 Å². The van der Waals surface area contributed by atoms with Gasteiger partial charge in [-0.3, -0.25) is 4.79 Å². The third-order valence-corrected chi connectivity index (χ3v) is 5.10. The van der Waals surface area contributed by atoms with Gasteiger partial charge in [0.1, 0.15) is 10.8 Å². The number of carbonyl (C=O) groups is 1. The number of carbonyl (C=O) groups excluding carboxylic acids is 1. The first-order chi connectivity index (χ1) is 11.6. The Morgan fingerprint density at radius 3 is 3.04 bits per heavy atom. The fraction of sp³-hybridized carbons (Fsp3) is 0.471. The Balaban J connectivity index is 1.64. The van der Waals surface area contributed by atoms with Crippen LogP contribution in [-0.2, 0) is 10.5 Å². The summed E-state index contributed by atoms with van der Waals surface area (Å²) < 4.78 is 10.7. The Morgan fingerprint density at radius 2 is 2.33 bits per heavy atom. The molecule has 1 atom stereocenters. The summed E-state index contributed by atoms with van der Waals surface area (Å²) in [5, 5.41) is 7.62. The Morgan fingerprint density at radius 1 is 1.46 bits per heavy atom. The predicted octanol–water partition coefficient (Wildman–Crippen LogP) is 2.89. The summed E-state index contributed by atoms with van der Waals surface area (Å²) in [7, 11) is 0. The van der Waals surface area contributed by atoms with Crippen LogP contribution in [-0.4, -0.2) is 35.3 Å². The van der Waals surface area contributed by atoms with Gasteiger partial charge in [-0.2, -0.15) is 0 Å². The van der Waals surface area contributed by atoms with Crippen LogP contribution in [0.4, 0.5) is 0 Å². The highest BCUT2D eigenvalue weighted by Crippen LogP contribution is 2.27. The normalized spacial score (nSPS) is 17.2. The maximum absolute atomic E-state index is 12.5. The van der Waals surface area contributed by atoms with Crippen LogP contribution in [0.2, 0.25) is 0 Å². The van der Waals surface area contributed by atoms with Crippen molar-refractivity contribution >= 4 is 17.7 Å². The van der Waals surface area contributed by atoms with E-state index in [2.05, 4.69) is 15.5 Å². The van der Waals surface area contributed by atoms with E-state index in [9.17, 15) is 4.79 Å². The molecule has 0 saturated carbocycles. The lowest BCUT2D eigenvalue weighted by molar-refractivity contribution is 0.0855. The Labute approximate surface area is 145 Å². The van der Waals surface area contributed by atoms with Gasteiger partial charge in [0.05, 0.1) is 17.4 Å². The fourth-order valence-electron chi connectivity index (χ4n) is 2.63. The molecule has 0 bridgehead atoms. The van der Waals surface area contributed by atoms with Gasteiger partial charge in [-0.25, -0.2) is 4.98 Å². The van der Waals surface area contributed by atoms with Crippen molar-refractivity contribution in [1.82, 2.24) is 15.5 Å². The van der Waals surface area contributed by atoms with E-state index in [-0.39, 0.29) is 12.0 Å². The van der Waals surface area contributed by atoms with Crippen molar-refractivity contribution in [3.8, 4) is 0 Å². The van der Waals surface area contributed by atoms with Crippen molar-refractivity contribution in [3.63, 3.8) is 0 Å². The zero-order valence-electron chi connectivity index (χ0n) is 13.9. The van der Waals surface area contributed by atoms with Crippen molar-refractivity contribution in [2.24, 2.45) is 0 Å². The summed E-state index contributed by atoms with van der Waals surface area (Å²) in [6.07, 6.45) is 3.89. The average Bonchev–Trinajstić information content (AvgIpc) is 3.22. The number of ether oxygens (including phenoxy) is 1. The Bertz CT molecular complexity index is 691. The first kappa shape index (κ1) is 17.0. The molecule has 0 aliphatic carbocycles. The lowest BCUT2D eigenvalue weighted by atomic mass is 10.2. The molecule has 7 heteroatoms. The smallest absolute Gasteiger partial charge is 0.254 e. The molecular formula is C17H21N3O3S. The van der Waals surface area contributed by atoms with Crippen LogP contribution in [0.1, 0.15) is 40.2 Å². The minimum atomic E-state index is -0.111. The average molecular weight is 347 g/mol. The molecule has 1 amide bonds. The van der Waals surface area contributed by atoms with E-state index in [0.29, 0.717) is 22.9 Å². The second-order valence-electron chi connectivity index (χ2n) is 5.79. The Hall–Kier alpha value is -1.86. The van der Waals surface area contributed by atoms with Gasteiger partial charge >= 0.3 is 0 Å². The maximum atomic E-state index is 12.5. The number of aryl methyl sites for hydroxylation is 2. The van der Waals surface area contributed by atoms with Crippen LogP contribution in [0.5, 0.6) is 0 Å². The first-order valence-electron chi connectivity index (χ1n) is 8.04. The molecule has 0 radical (unpaired) electrons. The molecule has 1 aliphatic rings. The summed E-state index contributed by atoms with van der Waals surface area (Å²) in [5.41, 5.74) is 2.52. The standard InChI is InChI=1S/C17H21N3O3S/c1-11-15(12(2)23-20-11)10-24-17-14(6-3-7-18-17)16(21)19-9-13-5-4-8-22-13/h3,6-7,13H,4-5,8-10H2,1-2H3,(H,19,21). The molecule has 24 heavy (non-hydrogen) atoms. The molecule has 0 spiro atoms. The highest BCUT2D eigenvalue weighted by Gasteiger charge is 2.19. The molecule has 1 aliphatic heterocycles. The van der Waals surface area contributed by atoms with Crippen molar-refractivity contribution in [2.45, 2.75) is 43.6 Å². The molecule has 128 valence electrons. The number of pyridine rings is 1. The molecule has 6 nitrogen and oxygen atoms in total. The third kappa shape index (κ3) is 3.96. The fourth-order valence-corrected chi connectivity index (χ4v) is 3.78. The van der Waals surface area contributed by atoms with Crippen molar-refractivity contribution in [3.05, 3.63) is 40.9 Å². The molecule has 2 aromatic rings. The quantitative estimate of drug-likeness (QED) is 0.810. The molecule has 2 aromatic heterocycles. The summed E-state index contributed by atoms with van der Waals surface area (Å²) in [5.74, 6) is 1.37. The number of thioether (sulfide) groups is 1. The minimum absolute atomic E-state index is 0.111. The van der Waals surface area contributed by atoms with E-state index < -0.39 is 0 Å². The molecule has 1 fully saturated rings. The molecule has 3 heterocycles. The number of hydrogen-bond donors (Lipinski definition) is 1. The lowest BCUT2D eigenvalue weighted by Crippen LogP contribution is -2.32. The summed E-state index contributed by atoms with van der Waals surface area (Å²) in [6, 6.07) is 3.58. The van der Waals surface area contributed by atoms with Gasteiger partial charge in [0.2, 0.25) is 0 Å². The number of nitrogens with zero attached hydrogens (tertiary/aromatic N) is 2. The van der Waals surface area contributed by atoms with Crippen LogP contribution < -0.4 is 5.32 Å². The second kappa shape index (κ2) is 7.81. The van der Waals surface area contributed by atoms with E-state index >= 15 is 0 Å². The number of amides is 1. The molecular weight excluding hydrogens is 326 g/mol. The van der Waals surface area contributed by atoms with Crippen LogP contribution in [0.25, 0.3) is 0 Å². The minimum Gasteiger partial charge on any atom is -0.376 e. The van der Waals surface area contributed by atoms with E-state index in [1.807, 2.05) is 13.8 Å². The van der Waals surface area contributed by atoms with Crippen LogP contribution in [0.15, 0.2) is 27.9 Å². The largest absolute Gasteiger partial charge is 0.376 e. The van der Waals surface area contributed by atoms with E-state index in [0.717, 1.165) is 36.5 Å². The number of nitrogens with one attached hydrogen (secondary N) is 1. The van der Waals surface area contributed by atoms with Gasteiger partial charge in [0, 0.05) is 30.7 Å².